The zero-order valence-corrected chi connectivity index (χ0v) is 11.0. The van der Waals surface area contributed by atoms with Crippen molar-refractivity contribution in [1.82, 2.24) is 5.32 Å². The smallest absolute Gasteiger partial charge is 0.288 e. The first-order valence-corrected chi connectivity index (χ1v) is 6.26. The quantitative estimate of drug-likeness (QED) is 0.664. The number of nitrogens with zero attached hydrogens (tertiary/aromatic N) is 1. The van der Waals surface area contributed by atoms with Gasteiger partial charge in [-0.25, -0.2) is 0 Å². The van der Waals surface area contributed by atoms with Gasteiger partial charge < -0.3 is 10.1 Å². The Morgan fingerprint density at radius 1 is 1.58 bits per heavy atom. The van der Waals surface area contributed by atoms with Crippen LogP contribution < -0.4 is 10.1 Å². The Kier molecular flexibility index (Phi) is 3.90. The number of halogens is 1. The fraction of sp³-hybridized carbons (Fsp3) is 0.417. The van der Waals surface area contributed by atoms with E-state index in [4.69, 9.17) is 16.3 Å². The molecule has 1 amide bonds. The third-order valence-electron chi connectivity index (χ3n) is 2.72. The van der Waals surface area contributed by atoms with Crippen LogP contribution in [-0.2, 0) is 4.79 Å². The standard InChI is InChI=1S/C12H13ClN2O4/c1-7(12(16)14-8-2-3-8)19-9-4-5-11(15(17)18)10(13)6-9/h4-8H,2-3H2,1H3,(H,14,16). The summed E-state index contributed by atoms with van der Waals surface area (Å²) in [7, 11) is 0. The van der Waals surface area contributed by atoms with Crippen molar-refractivity contribution in [3.05, 3.63) is 33.3 Å². The number of hydrogen-bond donors (Lipinski definition) is 1. The van der Waals surface area contributed by atoms with Crippen molar-refractivity contribution in [3.8, 4) is 5.75 Å². The molecular weight excluding hydrogens is 272 g/mol. The largest absolute Gasteiger partial charge is 0.481 e. The van der Waals surface area contributed by atoms with Crippen molar-refractivity contribution in [1.29, 1.82) is 0 Å². The Morgan fingerprint density at radius 2 is 2.26 bits per heavy atom. The van der Waals surface area contributed by atoms with E-state index in [-0.39, 0.29) is 22.7 Å². The Morgan fingerprint density at radius 3 is 2.79 bits per heavy atom. The second kappa shape index (κ2) is 5.44. The first-order chi connectivity index (χ1) is 8.97. The minimum absolute atomic E-state index is 0.0164. The number of rotatable bonds is 5. The molecule has 19 heavy (non-hydrogen) atoms. The predicted octanol–water partition coefficient (Wildman–Crippen LogP) is 2.29. The molecule has 0 saturated heterocycles. The van der Waals surface area contributed by atoms with Gasteiger partial charge in [-0.1, -0.05) is 11.6 Å². The van der Waals surface area contributed by atoms with Crippen LogP contribution in [0.25, 0.3) is 0 Å². The number of carbonyl (C=O) groups is 1. The lowest BCUT2D eigenvalue weighted by atomic mass is 10.3. The summed E-state index contributed by atoms with van der Waals surface area (Å²) in [4.78, 5) is 21.7. The molecule has 0 aromatic heterocycles. The Balaban J connectivity index is 1.99. The van der Waals surface area contributed by atoms with Gasteiger partial charge in [0.25, 0.3) is 11.6 Å². The maximum atomic E-state index is 11.7. The van der Waals surface area contributed by atoms with Crippen LogP contribution in [0.5, 0.6) is 5.75 Å². The SMILES string of the molecule is CC(Oc1ccc([N+](=O)[O-])c(Cl)c1)C(=O)NC1CC1. The molecule has 0 spiro atoms. The van der Waals surface area contributed by atoms with E-state index in [0.717, 1.165) is 12.8 Å². The molecule has 0 heterocycles. The summed E-state index contributed by atoms with van der Waals surface area (Å²) in [5, 5.41) is 13.4. The van der Waals surface area contributed by atoms with Crippen molar-refractivity contribution in [3.63, 3.8) is 0 Å². The van der Waals surface area contributed by atoms with Gasteiger partial charge >= 0.3 is 0 Å². The van der Waals surface area contributed by atoms with Gasteiger partial charge in [-0.3, -0.25) is 14.9 Å². The highest BCUT2D eigenvalue weighted by Gasteiger charge is 2.26. The zero-order valence-electron chi connectivity index (χ0n) is 10.3. The number of amides is 1. The van der Waals surface area contributed by atoms with Gasteiger partial charge in [-0.15, -0.1) is 0 Å². The average Bonchev–Trinajstić information content (AvgIpc) is 3.12. The number of nitrogens with one attached hydrogen (secondary N) is 1. The monoisotopic (exact) mass is 284 g/mol. The van der Waals surface area contributed by atoms with E-state index in [0.29, 0.717) is 5.75 Å². The van der Waals surface area contributed by atoms with E-state index in [1.54, 1.807) is 6.92 Å². The Bertz CT molecular complexity index is 516. The van der Waals surface area contributed by atoms with Crippen molar-refractivity contribution in [2.75, 3.05) is 0 Å². The van der Waals surface area contributed by atoms with Crippen LogP contribution in [0.1, 0.15) is 19.8 Å². The molecule has 0 radical (unpaired) electrons. The van der Waals surface area contributed by atoms with Gasteiger partial charge in [0.15, 0.2) is 6.10 Å². The molecule has 1 fully saturated rings. The average molecular weight is 285 g/mol. The van der Waals surface area contributed by atoms with E-state index in [2.05, 4.69) is 5.32 Å². The van der Waals surface area contributed by atoms with Crippen molar-refractivity contribution in [2.45, 2.75) is 31.9 Å². The van der Waals surface area contributed by atoms with Crippen LogP contribution in [0.3, 0.4) is 0 Å². The zero-order chi connectivity index (χ0) is 14.0. The number of nitro benzene ring substituents is 1. The molecule has 1 unspecified atom stereocenters. The molecule has 102 valence electrons. The van der Waals surface area contributed by atoms with Gasteiger partial charge in [0.1, 0.15) is 10.8 Å². The lowest BCUT2D eigenvalue weighted by Gasteiger charge is -2.14. The van der Waals surface area contributed by atoms with Gasteiger partial charge in [0.05, 0.1) is 4.92 Å². The number of carbonyl (C=O) groups excluding carboxylic acids is 1. The normalized spacial score (nSPS) is 15.7. The summed E-state index contributed by atoms with van der Waals surface area (Å²) in [5.74, 6) is 0.131. The Labute approximate surface area is 114 Å². The molecule has 0 aliphatic heterocycles. The molecule has 2 rings (SSSR count). The number of hydrogen-bond acceptors (Lipinski definition) is 4. The lowest BCUT2D eigenvalue weighted by molar-refractivity contribution is -0.384. The molecule has 6 nitrogen and oxygen atoms in total. The van der Waals surface area contributed by atoms with Crippen molar-refractivity contribution in [2.24, 2.45) is 0 Å². The molecule has 1 aliphatic rings. The molecule has 0 bridgehead atoms. The maximum absolute atomic E-state index is 11.7. The number of nitro groups is 1. The van der Waals surface area contributed by atoms with Crippen molar-refractivity contribution < 1.29 is 14.5 Å². The summed E-state index contributed by atoms with van der Waals surface area (Å²) in [6.45, 7) is 1.62. The van der Waals surface area contributed by atoms with E-state index in [9.17, 15) is 14.9 Å². The Hall–Kier alpha value is -1.82. The third-order valence-corrected chi connectivity index (χ3v) is 3.02. The van der Waals surface area contributed by atoms with Crippen LogP contribution in [-0.4, -0.2) is 23.0 Å². The van der Waals surface area contributed by atoms with Gasteiger partial charge in [-0.2, -0.15) is 0 Å². The highest BCUT2D eigenvalue weighted by Crippen LogP contribution is 2.29. The highest BCUT2D eigenvalue weighted by atomic mass is 35.5. The maximum Gasteiger partial charge on any atom is 0.288 e. The minimum atomic E-state index is -0.668. The molecule has 1 aliphatic carbocycles. The van der Waals surface area contributed by atoms with Crippen LogP contribution in [0.15, 0.2) is 18.2 Å². The van der Waals surface area contributed by atoms with E-state index in [1.165, 1.54) is 18.2 Å². The summed E-state index contributed by atoms with van der Waals surface area (Å²) < 4.78 is 5.40. The molecule has 1 atom stereocenters. The van der Waals surface area contributed by atoms with Crippen LogP contribution in [0.2, 0.25) is 5.02 Å². The van der Waals surface area contributed by atoms with Crippen LogP contribution in [0, 0.1) is 10.1 Å². The molecular formula is C12H13ClN2O4. The van der Waals surface area contributed by atoms with Gasteiger partial charge in [0, 0.05) is 18.2 Å². The third kappa shape index (κ3) is 3.57. The second-order valence-electron chi connectivity index (χ2n) is 4.41. The molecule has 1 aromatic carbocycles. The van der Waals surface area contributed by atoms with E-state index in [1.807, 2.05) is 0 Å². The molecule has 1 N–H and O–H groups in total. The first kappa shape index (κ1) is 13.6. The fourth-order valence-electron chi connectivity index (χ4n) is 1.51. The summed E-state index contributed by atoms with van der Waals surface area (Å²) in [5.41, 5.74) is -0.191. The summed E-state index contributed by atoms with van der Waals surface area (Å²) in [6, 6.07) is 4.27. The van der Waals surface area contributed by atoms with Gasteiger partial charge in [0.2, 0.25) is 0 Å². The molecule has 1 aromatic rings. The number of ether oxygens (including phenoxy) is 1. The van der Waals surface area contributed by atoms with Gasteiger partial charge in [-0.05, 0) is 25.8 Å². The number of benzene rings is 1. The van der Waals surface area contributed by atoms with E-state index >= 15 is 0 Å². The topological polar surface area (TPSA) is 81.5 Å². The van der Waals surface area contributed by atoms with Crippen LogP contribution >= 0.6 is 11.6 Å². The summed E-state index contributed by atoms with van der Waals surface area (Å²) in [6.07, 6.45) is 1.34. The van der Waals surface area contributed by atoms with Crippen LogP contribution in [0.4, 0.5) is 5.69 Å². The first-order valence-electron chi connectivity index (χ1n) is 5.88. The molecule has 1 saturated carbocycles. The minimum Gasteiger partial charge on any atom is -0.481 e. The fourth-order valence-corrected chi connectivity index (χ4v) is 1.75. The lowest BCUT2D eigenvalue weighted by Crippen LogP contribution is -2.37. The molecule has 7 heteroatoms. The summed E-state index contributed by atoms with van der Waals surface area (Å²) >= 11 is 5.76. The highest BCUT2D eigenvalue weighted by molar-refractivity contribution is 6.32. The predicted molar refractivity (Wildman–Crippen MR) is 69.4 cm³/mol. The van der Waals surface area contributed by atoms with E-state index < -0.39 is 11.0 Å². The second-order valence-corrected chi connectivity index (χ2v) is 4.82. The van der Waals surface area contributed by atoms with Crippen molar-refractivity contribution >= 4 is 23.2 Å².